The molecule has 4 N–H and O–H groups in total. The van der Waals surface area contributed by atoms with E-state index in [2.05, 4.69) is 17.6 Å². The molecule has 33 heavy (non-hydrogen) atoms. The molecule has 0 heterocycles. The van der Waals surface area contributed by atoms with Crippen molar-refractivity contribution in [2.75, 3.05) is 6.54 Å². The van der Waals surface area contributed by atoms with Crippen molar-refractivity contribution in [2.24, 2.45) is 0 Å². The molecule has 0 aromatic heterocycles. The minimum atomic E-state index is -1.50. The molecular formula is C25H53N3O5. The predicted octanol–water partition coefficient (Wildman–Crippen LogP) is 6.11. The number of hydrogen-bond donors (Lipinski definition) is 4. The molecular weight excluding hydrogens is 422 g/mol. The van der Waals surface area contributed by atoms with Gasteiger partial charge in [-0.05, 0) is 26.7 Å². The summed E-state index contributed by atoms with van der Waals surface area (Å²) in [5.74, 6) is 0.120. The second kappa shape index (κ2) is 23.7. The van der Waals surface area contributed by atoms with Crippen molar-refractivity contribution in [3.05, 3.63) is 10.1 Å². The van der Waals surface area contributed by atoms with E-state index in [0.717, 1.165) is 19.3 Å². The highest BCUT2D eigenvalue weighted by atomic mass is 16.9. The van der Waals surface area contributed by atoms with E-state index in [-0.39, 0.29) is 12.1 Å². The first-order chi connectivity index (χ1) is 15.6. The van der Waals surface area contributed by atoms with Crippen LogP contribution in [-0.2, 0) is 4.79 Å². The highest BCUT2D eigenvalue weighted by molar-refractivity contribution is 5.76. The Morgan fingerprint density at radius 1 is 0.848 bits per heavy atom. The fraction of sp³-hybridized carbons (Fsp3) is 0.960. The number of hydrogen-bond acceptors (Lipinski definition) is 5. The molecule has 0 radical (unpaired) electrons. The van der Waals surface area contributed by atoms with E-state index in [0.29, 0.717) is 13.0 Å². The lowest BCUT2D eigenvalue weighted by atomic mass is 10.0. The van der Waals surface area contributed by atoms with Crippen LogP contribution in [-0.4, -0.2) is 39.6 Å². The van der Waals surface area contributed by atoms with Gasteiger partial charge < -0.3 is 15.6 Å². The first-order valence-electron chi connectivity index (χ1n) is 13.2. The van der Waals surface area contributed by atoms with Gasteiger partial charge in [-0.2, -0.15) is 0 Å². The molecule has 0 spiro atoms. The Labute approximate surface area is 202 Å². The number of nitrogens with one attached hydrogen (secondary N) is 2. The van der Waals surface area contributed by atoms with Gasteiger partial charge in [0.25, 0.3) is 5.09 Å². The van der Waals surface area contributed by atoms with Crippen LogP contribution in [0, 0.1) is 10.1 Å². The van der Waals surface area contributed by atoms with Gasteiger partial charge in [-0.3, -0.25) is 10.1 Å². The van der Waals surface area contributed by atoms with Gasteiger partial charge in [-0.15, -0.1) is 10.1 Å². The van der Waals surface area contributed by atoms with E-state index in [9.17, 15) is 9.90 Å². The van der Waals surface area contributed by atoms with Crippen LogP contribution in [0.25, 0.3) is 0 Å². The fourth-order valence-corrected chi connectivity index (χ4v) is 3.59. The molecule has 0 aliphatic heterocycles. The molecule has 0 bridgehead atoms. The Morgan fingerprint density at radius 2 is 1.21 bits per heavy atom. The number of amides is 1. The minimum Gasteiger partial charge on any atom is -0.389 e. The van der Waals surface area contributed by atoms with Crippen molar-refractivity contribution in [2.45, 2.75) is 149 Å². The molecule has 0 aromatic rings. The van der Waals surface area contributed by atoms with Crippen LogP contribution in [0.3, 0.4) is 0 Å². The summed E-state index contributed by atoms with van der Waals surface area (Å²) in [6.07, 6.45) is 21.5. The maximum atomic E-state index is 12.1. The van der Waals surface area contributed by atoms with E-state index in [4.69, 9.17) is 15.3 Å². The van der Waals surface area contributed by atoms with Crippen LogP contribution in [0.4, 0.5) is 0 Å². The summed E-state index contributed by atoms with van der Waals surface area (Å²) in [5, 5.41) is 29.7. The zero-order valence-electron chi connectivity index (χ0n) is 21.9. The molecule has 0 aliphatic carbocycles. The Balaban J connectivity index is 0. The lowest BCUT2D eigenvalue weighted by molar-refractivity contribution is -0.742. The molecule has 8 heteroatoms. The van der Waals surface area contributed by atoms with Crippen molar-refractivity contribution in [3.8, 4) is 0 Å². The van der Waals surface area contributed by atoms with Crippen molar-refractivity contribution in [3.63, 3.8) is 0 Å². The summed E-state index contributed by atoms with van der Waals surface area (Å²) in [6.45, 7) is 8.33. The normalized spacial score (nSPS) is 12.0. The van der Waals surface area contributed by atoms with E-state index < -0.39 is 10.7 Å². The van der Waals surface area contributed by atoms with Crippen molar-refractivity contribution < 1.29 is 20.2 Å². The van der Waals surface area contributed by atoms with Gasteiger partial charge in [0, 0.05) is 13.0 Å². The first-order valence-corrected chi connectivity index (χ1v) is 13.2. The third-order valence-electron chi connectivity index (χ3n) is 5.53. The summed E-state index contributed by atoms with van der Waals surface area (Å²) in [4.78, 5) is 20.4. The highest BCUT2D eigenvalue weighted by Crippen LogP contribution is 2.13. The lowest BCUT2D eigenvalue weighted by Gasteiger charge is -2.24. The Hall–Kier alpha value is -1.41. The number of rotatable bonds is 21. The van der Waals surface area contributed by atoms with Gasteiger partial charge in [0.1, 0.15) is 0 Å². The molecule has 0 fully saturated rings. The van der Waals surface area contributed by atoms with Gasteiger partial charge in [0.05, 0.1) is 11.8 Å². The highest BCUT2D eigenvalue weighted by Gasteiger charge is 2.16. The van der Waals surface area contributed by atoms with Gasteiger partial charge >= 0.3 is 0 Å². The lowest BCUT2D eigenvalue weighted by Crippen LogP contribution is -2.49. The molecule has 198 valence electrons. The molecule has 8 nitrogen and oxygen atoms in total. The molecule has 0 saturated carbocycles. The second-order valence-electron chi connectivity index (χ2n) is 9.66. The quantitative estimate of drug-likeness (QED) is 0.0686. The Morgan fingerprint density at radius 3 is 1.55 bits per heavy atom. The van der Waals surface area contributed by atoms with Gasteiger partial charge in [-0.25, -0.2) is 0 Å². The zero-order chi connectivity index (χ0) is 25.4. The average Bonchev–Trinajstić information content (AvgIpc) is 2.72. The number of unbranched alkanes of at least 4 members (excludes halogenated alkanes) is 14. The Bertz CT molecular complexity index is 452. The third-order valence-corrected chi connectivity index (χ3v) is 5.53. The number of carbonyl (C=O) groups excluding carboxylic acids is 1. The zero-order valence-corrected chi connectivity index (χ0v) is 21.9. The maximum Gasteiger partial charge on any atom is 0.291 e. The molecule has 0 aromatic carbocycles. The van der Waals surface area contributed by atoms with E-state index in [1.165, 1.54) is 83.5 Å². The van der Waals surface area contributed by atoms with E-state index in [1.54, 1.807) is 13.8 Å². The predicted molar refractivity (Wildman–Crippen MR) is 135 cm³/mol. The number of carbonyl (C=O) groups is 1. The third kappa shape index (κ3) is 32.8. The van der Waals surface area contributed by atoms with Crippen molar-refractivity contribution >= 4 is 5.91 Å². The van der Waals surface area contributed by atoms with Crippen LogP contribution in [0.1, 0.15) is 137 Å². The maximum absolute atomic E-state index is 12.1. The minimum absolute atomic E-state index is 0.0507. The summed E-state index contributed by atoms with van der Waals surface area (Å²) >= 11 is 0. The number of aliphatic hydroxyl groups is 1. The smallest absolute Gasteiger partial charge is 0.291 e. The topological polar surface area (TPSA) is 125 Å². The summed E-state index contributed by atoms with van der Waals surface area (Å²) < 4.78 is 0. The summed E-state index contributed by atoms with van der Waals surface area (Å²) in [5.41, 5.74) is -0.758. The van der Waals surface area contributed by atoms with Crippen LogP contribution in [0.2, 0.25) is 0 Å². The van der Waals surface area contributed by atoms with E-state index in [1.807, 2.05) is 6.92 Å². The average molecular weight is 476 g/mol. The van der Waals surface area contributed by atoms with Gasteiger partial charge in [-0.1, -0.05) is 104 Å². The molecule has 0 saturated heterocycles. The molecule has 1 atom stereocenters. The van der Waals surface area contributed by atoms with Crippen LogP contribution >= 0.6 is 0 Å². The summed E-state index contributed by atoms with van der Waals surface area (Å²) in [6, 6.07) is 0. The fourth-order valence-electron chi connectivity index (χ4n) is 3.59. The largest absolute Gasteiger partial charge is 0.389 e. The van der Waals surface area contributed by atoms with Crippen LogP contribution < -0.4 is 10.6 Å². The molecule has 0 rings (SSSR count). The van der Waals surface area contributed by atoms with Crippen LogP contribution in [0.5, 0.6) is 0 Å². The first kappa shape index (κ1) is 33.8. The van der Waals surface area contributed by atoms with Gasteiger partial charge in [0.15, 0.2) is 0 Å². The Kier molecular flexibility index (Phi) is 24.3. The van der Waals surface area contributed by atoms with Gasteiger partial charge in [0.2, 0.25) is 5.91 Å². The summed E-state index contributed by atoms with van der Waals surface area (Å²) in [7, 11) is 0. The molecule has 0 aliphatic rings. The molecule has 1 amide bonds. The monoisotopic (exact) mass is 475 g/mol. The SMILES string of the molecule is CCCCCCCCCCCCCCCCCC(=O)NC(CC)NCC(C)(C)O.O=[N+]([O-])O. The van der Waals surface area contributed by atoms with E-state index >= 15 is 0 Å². The molecule has 1 unspecified atom stereocenters. The number of nitrogens with zero attached hydrogens (tertiary/aromatic N) is 1. The van der Waals surface area contributed by atoms with Crippen LogP contribution in [0.15, 0.2) is 0 Å². The van der Waals surface area contributed by atoms with Crippen molar-refractivity contribution in [1.82, 2.24) is 10.6 Å². The second-order valence-corrected chi connectivity index (χ2v) is 9.66. The standard InChI is InChI=1S/C25H52N2O2.HNO3/c1-5-7-8-9-10-11-12-13-14-15-16-17-18-19-20-21-24(28)27-23(6-2)26-22-25(3,4)29;2-1(3)4/h23,26,29H,5-22H2,1-4H3,(H,27,28);(H,2,3,4). The van der Waals surface area contributed by atoms with Crippen molar-refractivity contribution in [1.29, 1.82) is 0 Å².